The van der Waals surface area contributed by atoms with Crippen molar-refractivity contribution in [2.45, 2.75) is 82.6 Å². The molecular weight excluding hydrogens is 418 g/mol. The normalized spacial score (nSPS) is 29.1. The predicted molar refractivity (Wildman–Crippen MR) is 117 cm³/mol. The van der Waals surface area contributed by atoms with Crippen LogP contribution in [0.3, 0.4) is 0 Å². The summed E-state index contributed by atoms with van der Waals surface area (Å²) in [5.41, 5.74) is 1.52. The van der Waals surface area contributed by atoms with Crippen molar-refractivity contribution in [3.05, 3.63) is 29.3 Å². The molecule has 7 nitrogen and oxygen atoms in total. The molecule has 4 aliphatic rings. The van der Waals surface area contributed by atoms with E-state index in [0.29, 0.717) is 30.6 Å². The summed E-state index contributed by atoms with van der Waals surface area (Å²) in [6.07, 6.45) is 6.94. The highest BCUT2D eigenvalue weighted by Crippen LogP contribution is 2.33. The Bertz CT molecular complexity index is 886. The van der Waals surface area contributed by atoms with Crippen LogP contribution in [0.25, 0.3) is 0 Å². The number of nitrogens with zero attached hydrogens (tertiary/aromatic N) is 2. The highest BCUT2D eigenvalue weighted by Gasteiger charge is 2.39. The molecule has 31 heavy (non-hydrogen) atoms. The average molecular weight is 448 g/mol. The maximum atomic E-state index is 12.8. The molecule has 3 fully saturated rings. The van der Waals surface area contributed by atoms with Gasteiger partial charge in [-0.15, -0.1) is 12.4 Å². The number of carbonyl (C=O) groups excluding carboxylic acids is 3. The van der Waals surface area contributed by atoms with Crippen LogP contribution in [0.5, 0.6) is 5.75 Å². The van der Waals surface area contributed by atoms with Gasteiger partial charge in [0.1, 0.15) is 17.9 Å². The topological polar surface area (TPSA) is 79.0 Å². The molecule has 168 valence electrons. The Labute approximate surface area is 188 Å². The second-order valence-corrected chi connectivity index (χ2v) is 9.17. The summed E-state index contributed by atoms with van der Waals surface area (Å²) in [5.74, 6) is -0.00128. The van der Waals surface area contributed by atoms with Crippen LogP contribution in [-0.4, -0.2) is 58.3 Å². The first-order valence-electron chi connectivity index (χ1n) is 11.2. The second-order valence-electron chi connectivity index (χ2n) is 9.17. The van der Waals surface area contributed by atoms with Gasteiger partial charge in [0.2, 0.25) is 11.8 Å². The Morgan fingerprint density at radius 1 is 1.06 bits per heavy atom. The molecule has 5 rings (SSSR count). The van der Waals surface area contributed by atoms with Crippen LogP contribution in [0, 0.1) is 0 Å². The first kappa shape index (κ1) is 22.1. The molecule has 3 heterocycles. The zero-order valence-electron chi connectivity index (χ0n) is 17.8. The molecule has 1 aromatic rings. The van der Waals surface area contributed by atoms with E-state index in [2.05, 4.69) is 17.1 Å². The number of nitrogens with one attached hydrogen (secondary N) is 1. The van der Waals surface area contributed by atoms with Crippen molar-refractivity contribution in [2.75, 3.05) is 6.54 Å². The van der Waals surface area contributed by atoms with Gasteiger partial charge in [0.05, 0.1) is 0 Å². The SMILES string of the molecule is C[C@H]1CC[C@@H](Oc2ccc3c(c2)CN(C2CCC(=O)NC2=O)C3=O)CN1C1CCC1.Cl. The van der Waals surface area contributed by atoms with Crippen LogP contribution in [0.2, 0.25) is 0 Å². The van der Waals surface area contributed by atoms with Gasteiger partial charge in [-0.25, -0.2) is 0 Å². The fourth-order valence-corrected chi connectivity index (χ4v) is 5.24. The van der Waals surface area contributed by atoms with Gasteiger partial charge in [0.25, 0.3) is 5.91 Å². The predicted octanol–water partition coefficient (Wildman–Crippen LogP) is 2.65. The van der Waals surface area contributed by atoms with E-state index < -0.39 is 6.04 Å². The van der Waals surface area contributed by atoms with Crippen molar-refractivity contribution in [1.82, 2.24) is 15.1 Å². The van der Waals surface area contributed by atoms with Crippen molar-refractivity contribution in [2.24, 2.45) is 0 Å². The fourth-order valence-electron chi connectivity index (χ4n) is 5.24. The van der Waals surface area contributed by atoms with Crippen LogP contribution in [-0.2, 0) is 16.1 Å². The Morgan fingerprint density at radius 2 is 1.87 bits per heavy atom. The van der Waals surface area contributed by atoms with E-state index in [1.807, 2.05) is 18.2 Å². The van der Waals surface area contributed by atoms with Crippen molar-refractivity contribution in [3.8, 4) is 5.75 Å². The smallest absolute Gasteiger partial charge is 0.255 e. The number of ether oxygens (including phenoxy) is 1. The fraction of sp³-hybridized carbons (Fsp3) is 0.609. The Balaban J connectivity index is 0.00000231. The van der Waals surface area contributed by atoms with Gasteiger partial charge >= 0.3 is 0 Å². The average Bonchev–Trinajstić information content (AvgIpc) is 2.99. The minimum absolute atomic E-state index is 0. The van der Waals surface area contributed by atoms with Gasteiger partial charge in [-0.1, -0.05) is 6.42 Å². The molecule has 3 amide bonds. The zero-order chi connectivity index (χ0) is 20.8. The van der Waals surface area contributed by atoms with Gasteiger partial charge in [-0.2, -0.15) is 0 Å². The van der Waals surface area contributed by atoms with Crippen LogP contribution in [0.4, 0.5) is 0 Å². The number of likely N-dealkylation sites (tertiary alicyclic amines) is 1. The van der Waals surface area contributed by atoms with Crippen molar-refractivity contribution < 1.29 is 19.1 Å². The van der Waals surface area contributed by atoms with Crippen LogP contribution in [0.1, 0.15) is 67.8 Å². The van der Waals surface area contributed by atoms with E-state index in [1.165, 1.54) is 19.3 Å². The van der Waals surface area contributed by atoms with Crippen molar-refractivity contribution >= 4 is 30.1 Å². The molecule has 1 unspecified atom stereocenters. The van der Waals surface area contributed by atoms with Crippen molar-refractivity contribution in [1.29, 1.82) is 0 Å². The summed E-state index contributed by atoms with van der Waals surface area (Å²) in [4.78, 5) is 40.6. The molecule has 0 radical (unpaired) electrons. The van der Waals surface area contributed by atoms with E-state index in [1.54, 1.807) is 4.90 Å². The Hall–Kier alpha value is -2.12. The van der Waals surface area contributed by atoms with E-state index in [4.69, 9.17) is 4.74 Å². The molecule has 2 saturated heterocycles. The third-order valence-corrected chi connectivity index (χ3v) is 7.23. The van der Waals surface area contributed by atoms with E-state index >= 15 is 0 Å². The van der Waals surface area contributed by atoms with Crippen LogP contribution >= 0.6 is 12.4 Å². The molecule has 0 spiro atoms. The summed E-state index contributed by atoms with van der Waals surface area (Å²) in [5, 5.41) is 2.34. The van der Waals surface area contributed by atoms with Gasteiger partial charge in [0.15, 0.2) is 0 Å². The van der Waals surface area contributed by atoms with E-state index in [9.17, 15) is 14.4 Å². The number of fused-ring (bicyclic) bond motifs is 1. The third kappa shape index (κ3) is 4.17. The molecule has 1 saturated carbocycles. The standard InChI is InChI=1S/C23H29N3O4.ClH/c1-14-5-6-18(13-25(14)16-3-2-4-16)30-17-7-8-19-15(11-17)12-26(23(19)29)20-9-10-21(27)24-22(20)28;/h7-8,11,14,16,18,20H,2-6,9-10,12-13H2,1H3,(H,24,27,28);1H/t14-,18+,20?;/m0./s1. The number of benzene rings is 1. The lowest BCUT2D eigenvalue weighted by Crippen LogP contribution is -2.53. The maximum absolute atomic E-state index is 12.8. The number of rotatable bonds is 4. The highest BCUT2D eigenvalue weighted by molar-refractivity contribution is 6.05. The number of imide groups is 1. The molecule has 1 N–H and O–H groups in total. The van der Waals surface area contributed by atoms with Gasteiger partial charge in [-0.3, -0.25) is 24.6 Å². The molecule has 3 aliphatic heterocycles. The lowest BCUT2D eigenvalue weighted by atomic mass is 9.87. The molecule has 8 heteroatoms. The van der Waals surface area contributed by atoms with Gasteiger partial charge in [-0.05, 0) is 62.8 Å². The minimum atomic E-state index is -0.581. The number of carbonyl (C=O) groups is 3. The Kier molecular flexibility index (Phi) is 6.26. The van der Waals surface area contributed by atoms with Crippen LogP contribution < -0.4 is 10.1 Å². The summed E-state index contributed by atoms with van der Waals surface area (Å²) < 4.78 is 6.33. The molecule has 0 bridgehead atoms. The van der Waals surface area contributed by atoms with E-state index in [0.717, 1.165) is 30.7 Å². The van der Waals surface area contributed by atoms with E-state index in [-0.39, 0.29) is 42.7 Å². The highest BCUT2D eigenvalue weighted by atomic mass is 35.5. The number of hydrogen-bond donors (Lipinski definition) is 1. The molecule has 1 aromatic carbocycles. The summed E-state index contributed by atoms with van der Waals surface area (Å²) in [6, 6.07) is 6.39. The molecule has 1 aliphatic carbocycles. The first-order chi connectivity index (χ1) is 14.5. The summed E-state index contributed by atoms with van der Waals surface area (Å²) in [7, 11) is 0. The molecular formula is C23H30ClN3O4. The largest absolute Gasteiger partial charge is 0.489 e. The van der Waals surface area contributed by atoms with Crippen LogP contribution in [0.15, 0.2) is 18.2 Å². The number of piperidine rings is 2. The molecule has 0 aromatic heterocycles. The quantitative estimate of drug-likeness (QED) is 0.718. The third-order valence-electron chi connectivity index (χ3n) is 7.23. The lowest BCUT2D eigenvalue weighted by molar-refractivity contribution is -0.136. The number of halogens is 1. The second kappa shape index (κ2) is 8.79. The zero-order valence-corrected chi connectivity index (χ0v) is 18.7. The van der Waals surface area contributed by atoms with Crippen molar-refractivity contribution in [3.63, 3.8) is 0 Å². The first-order valence-corrected chi connectivity index (χ1v) is 11.2. The monoisotopic (exact) mass is 447 g/mol. The minimum Gasteiger partial charge on any atom is -0.489 e. The summed E-state index contributed by atoms with van der Waals surface area (Å²) >= 11 is 0. The summed E-state index contributed by atoms with van der Waals surface area (Å²) in [6.45, 7) is 3.66. The van der Waals surface area contributed by atoms with Gasteiger partial charge < -0.3 is 9.64 Å². The number of amides is 3. The number of hydrogen-bond acceptors (Lipinski definition) is 5. The Morgan fingerprint density at radius 3 is 2.58 bits per heavy atom. The lowest BCUT2D eigenvalue weighted by Gasteiger charge is -2.46. The maximum Gasteiger partial charge on any atom is 0.255 e. The van der Waals surface area contributed by atoms with Gasteiger partial charge in [0, 0.05) is 37.2 Å². The molecule has 3 atom stereocenters.